The maximum atomic E-state index is 13.7. The summed E-state index contributed by atoms with van der Waals surface area (Å²) in [6, 6.07) is 4.50. The Morgan fingerprint density at radius 3 is 2.63 bits per heavy atom. The summed E-state index contributed by atoms with van der Waals surface area (Å²) in [5.41, 5.74) is 1.36. The number of carbonyl (C=O) groups excluding carboxylic acids is 3. The Kier molecular flexibility index (Phi) is 12.3. The lowest BCUT2D eigenvalue weighted by Gasteiger charge is -2.29. The van der Waals surface area contributed by atoms with Gasteiger partial charge in [-0.3, -0.25) is 19.3 Å². The fourth-order valence-corrected chi connectivity index (χ4v) is 7.74. The lowest BCUT2D eigenvalue weighted by atomic mass is 9.84. The minimum Gasteiger partial charge on any atom is -0.350 e. The largest absolute Gasteiger partial charge is 0.350 e. The molecule has 1 aromatic carbocycles. The highest BCUT2D eigenvalue weighted by Crippen LogP contribution is 2.28. The molecule has 0 spiro atoms. The van der Waals surface area contributed by atoms with Crippen LogP contribution < -0.4 is 16.0 Å². The Hall–Kier alpha value is -2.14. The Morgan fingerprint density at radius 2 is 1.90 bits per heavy atom. The van der Waals surface area contributed by atoms with Gasteiger partial charge >= 0.3 is 0 Å². The molecule has 224 valence electrons. The molecular weight excluding hydrogens is 578 g/mol. The van der Waals surface area contributed by atoms with Gasteiger partial charge in [-0.05, 0) is 30.5 Å². The van der Waals surface area contributed by atoms with Crippen LogP contribution in [0.2, 0.25) is 5.02 Å². The Bertz CT molecular complexity index is 1210. The molecule has 11 heteroatoms. The third-order valence-electron chi connectivity index (χ3n) is 7.78. The molecule has 2 aromatic rings. The van der Waals surface area contributed by atoms with Crippen molar-refractivity contribution in [3.63, 3.8) is 0 Å². The molecule has 1 aromatic heterocycles. The number of aromatic nitrogens is 1. The highest BCUT2D eigenvalue weighted by Gasteiger charge is 2.27. The van der Waals surface area contributed by atoms with Gasteiger partial charge in [-0.15, -0.1) is 11.3 Å². The van der Waals surface area contributed by atoms with E-state index in [1.54, 1.807) is 13.0 Å². The predicted octanol–water partition coefficient (Wildman–Crippen LogP) is 4.56. The number of fused-ring (bicyclic) bond motifs is 1. The molecule has 41 heavy (non-hydrogen) atoms. The number of rotatable bonds is 13. The molecular formula is C30H42ClN5O3S2. The maximum absolute atomic E-state index is 13.7. The molecule has 4 rings (SSSR count). The number of amides is 3. The van der Waals surface area contributed by atoms with Gasteiger partial charge in [0.2, 0.25) is 17.7 Å². The quantitative estimate of drug-likeness (QED) is 0.284. The molecule has 3 N–H and O–H groups in total. The van der Waals surface area contributed by atoms with Gasteiger partial charge in [0.25, 0.3) is 0 Å². The smallest absolute Gasteiger partial charge is 0.247 e. The van der Waals surface area contributed by atoms with Crippen LogP contribution in [-0.2, 0) is 20.8 Å². The van der Waals surface area contributed by atoms with Crippen LogP contribution in [-0.4, -0.2) is 77.4 Å². The second-order valence-electron chi connectivity index (χ2n) is 11.0. The summed E-state index contributed by atoms with van der Waals surface area (Å²) in [6.45, 7) is 8.61. The number of hydrogen-bond donors (Lipinski definition) is 3. The molecule has 1 saturated heterocycles. The number of benzene rings is 1. The lowest BCUT2D eigenvalue weighted by molar-refractivity contribution is -0.129. The summed E-state index contributed by atoms with van der Waals surface area (Å²) in [6.07, 6.45) is 7.24. The summed E-state index contributed by atoms with van der Waals surface area (Å²) in [4.78, 5) is 45.9. The average Bonchev–Trinajstić information content (AvgIpc) is 3.37. The Balaban J connectivity index is 1.42. The molecule has 1 aliphatic heterocycles. The first kappa shape index (κ1) is 31.8. The van der Waals surface area contributed by atoms with E-state index in [0.29, 0.717) is 29.6 Å². The first-order valence-electron chi connectivity index (χ1n) is 14.7. The van der Waals surface area contributed by atoms with Gasteiger partial charge in [0.05, 0.1) is 15.2 Å². The van der Waals surface area contributed by atoms with E-state index < -0.39 is 6.04 Å². The zero-order valence-corrected chi connectivity index (χ0v) is 26.3. The van der Waals surface area contributed by atoms with E-state index in [1.807, 2.05) is 23.9 Å². The highest BCUT2D eigenvalue weighted by molar-refractivity contribution is 7.99. The van der Waals surface area contributed by atoms with Crippen molar-refractivity contribution >= 4 is 62.6 Å². The second kappa shape index (κ2) is 15.9. The van der Waals surface area contributed by atoms with Crippen LogP contribution in [0.1, 0.15) is 56.9 Å². The number of nitrogens with zero attached hydrogens (tertiary/aromatic N) is 2. The maximum Gasteiger partial charge on any atom is 0.247 e. The summed E-state index contributed by atoms with van der Waals surface area (Å²) in [5, 5.41) is 10.5. The van der Waals surface area contributed by atoms with E-state index in [1.165, 1.54) is 30.6 Å². The van der Waals surface area contributed by atoms with Gasteiger partial charge in [-0.1, -0.05) is 57.2 Å². The molecule has 2 fully saturated rings. The molecule has 2 aliphatic rings. The molecule has 0 radical (unpaired) electrons. The second-order valence-corrected chi connectivity index (χ2v) is 13.8. The van der Waals surface area contributed by atoms with Gasteiger partial charge in [0.15, 0.2) is 0 Å². The van der Waals surface area contributed by atoms with Crippen molar-refractivity contribution in [1.29, 1.82) is 0 Å². The van der Waals surface area contributed by atoms with Crippen molar-refractivity contribution in [3.05, 3.63) is 40.4 Å². The molecule has 3 amide bonds. The van der Waals surface area contributed by atoms with Crippen LogP contribution in [0.4, 0.5) is 0 Å². The van der Waals surface area contributed by atoms with Crippen LogP contribution in [0.3, 0.4) is 0 Å². The normalized spacial score (nSPS) is 18.0. The van der Waals surface area contributed by atoms with Crippen molar-refractivity contribution in [3.8, 4) is 0 Å². The van der Waals surface area contributed by atoms with E-state index >= 15 is 0 Å². The van der Waals surface area contributed by atoms with E-state index in [0.717, 1.165) is 59.1 Å². The van der Waals surface area contributed by atoms with Crippen molar-refractivity contribution in [2.24, 2.45) is 5.92 Å². The fourth-order valence-electron chi connectivity index (χ4n) is 5.48. The standard InChI is InChI=1S/C30H42ClN5O3S2/c1-3-27(37)34-25(17-28-35-24-10-9-22(31)16-26(24)41-28)30(39)33-23(15-21-7-5-4-6-8-21)18-32-29(38)20(2)19-36-11-13-40-14-12-36/h9-10,16,21,23,25H,2-8,11-15,17-19H2,1H3,(H,32,38)(H,33,39)(H,34,37)/t23-,25-/m0/s1. The van der Waals surface area contributed by atoms with Crippen LogP contribution in [0.15, 0.2) is 30.4 Å². The van der Waals surface area contributed by atoms with Gasteiger partial charge < -0.3 is 16.0 Å². The van der Waals surface area contributed by atoms with Crippen LogP contribution in [0.25, 0.3) is 10.2 Å². The van der Waals surface area contributed by atoms with Crippen LogP contribution >= 0.6 is 34.7 Å². The van der Waals surface area contributed by atoms with Gasteiger partial charge in [0, 0.05) is 67.2 Å². The third-order valence-corrected chi connectivity index (χ3v) is 10.0. The lowest BCUT2D eigenvalue weighted by Crippen LogP contribution is -2.53. The van der Waals surface area contributed by atoms with E-state index in [4.69, 9.17) is 11.6 Å². The number of carbonyl (C=O) groups is 3. The van der Waals surface area contributed by atoms with E-state index in [2.05, 4.69) is 32.4 Å². The van der Waals surface area contributed by atoms with Gasteiger partial charge in [-0.2, -0.15) is 11.8 Å². The fraction of sp³-hybridized carbons (Fsp3) is 0.600. The Morgan fingerprint density at radius 1 is 1.15 bits per heavy atom. The van der Waals surface area contributed by atoms with Gasteiger partial charge in [0.1, 0.15) is 6.04 Å². The predicted molar refractivity (Wildman–Crippen MR) is 170 cm³/mol. The number of thiazole rings is 1. The third kappa shape index (κ3) is 9.98. The molecule has 8 nitrogen and oxygen atoms in total. The van der Waals surface area contributed by atoms with Crippen molar-refractivity contribution in [2.75, 3.05) is 37.7 Å². The monoisotopic (exact) mass is 619 g/mol. The molecule has 2 heterocycles. The number of halogens is 1. The van der Waals surface area contributed by atoms with Crippen molar-refractivity contribution < 1.29 is 14.4 Å². The topological polar surface area (TPSA) is 103 Å². The summed E-state index contributed by atoms with van der Waals surface area (Å²) < 4.78 is 0.940. The van der Waals surface area contributed by atoms with E-state index in [9.17, 15) is 14.4 Å². The molecule has 0 unspecified atom stereocenters. The molecule has 2 atom stereocenters. The molecule has 1 aliphatic carbocycles. The van der Waals surface area contributed by atoms with Gasteiger partial charge in [-0.25, -0.2) is 4.98 Å². The molecule has 0 bridgehead atoms. The number of nitrogens with one attached hydrogen (secondary N) is 3. The number of thioether (sulfide) groups is 1. The van der Waals surface area contributed by atoms with Crippen molar-refractivity contribution in [2.45, 2.75) is 70.4 Å². The van der Waals surface area contributed by atoms with Crippen LogP contribution in [0, 0.1) is 5.92 Å². The van der Waals surface area contributed by atoms with Crippen molar-refractivity contribution in [1.82, 2.24) is 25.8 Å². The summed E-state index contributed by atoms with van der Waals surface area (Å²) in [7, 11) is 0. The summed E-state index contributed by atoms with van der Waals surface area (Å²) >= 11 is 9.55. The minimum absolute atomic E-state index is 0.171. The number of hydrogen-bond acceptors (Lipinski definition) is 7. The zero-order chi connectivity index (χ0) is 29.2. The first-order valence-corrected chi connectivity index (χ1v) is 17.1. The molecule has 1 saturated carbocycles. The Labute approximate surface area is 256 Å². The minimum atomic E-state index is -0.769. The average molecular weight is 620 g/mol. The SMILES string of the molecule is C=C(CN1CCSCC1)C(=O)NC[C@H](CC1CCCCC1)NC(=O)[C@H](Cc1nc2ccc(Cl)cc2s1)NC(=O)CC. The highest BCUT2D eigenvalue weighted by atomic mass is 35.5. The van der Waals surface area contributed by atoms with E-state index in [-0.39, 0.29) is 36.6 Å². The zero-order valence-electron chi connectivity index (χ0n) is 23.9. The van der Waals surface area contributed by atoms with Crippen LogP contribution in [0.5, 0.6) is 0 Å². The first-order chi connectivity index (χ1) is 19.8. The summed E-state index contributed by atoms with van der Waals surface area (Å²) in [5.74, 6) is 2.02.